The van der Waals surface area contributed by atoms with E-state index in [4.69, 9.17) is 5.26 Å². The van der Waals surface area contributed by atoms with Gasteiger partial charge in [-0.2, -0.15) is 5.26 Å². The van der Waals surface area contributed by atoms with Gasteiger partial charge in [0.25, 0.3) is 0 Å². The molecule has 0 amide bonds. The van der Waals surface area contributed by atoms with Crippen molar-refractivity contribution in [3.8, 4) is 6.07 Å². The van der Waals surface area contributed by atoms with Crippen LogP contribution in [0.4, 0.5) is 0 Å². The molecule has 0 spiro atoms. The molecule has 0 radical (unpaired) electrons. The third-order valence-corrected chi connectivity index (χ3v) is 3.34. The van der Waals surface area contributed by atoms with Crippen LogP contribution in [0, 0.1) is 17.2 Å². The average Bonchev–Trinajstić information content (AvgIpc) is 2.63. The summed E-state index contributed by atoms with van der Waals surface area (Å²) >= 11 is 1.64. The van der Waals surface area contributed by atoms with Crippen molar-refractivity contribution >= 4 is 21.4 Å². The Morgan fingerprint density at radius 2 is 2.20 bits per heavy atom. The van der Waals surface area contributed by atoms with Gasteiger partial charge in [0.05, 0.1) is 10.3 Å². The van der Waals surface area contributed by atoms with E-state index in [1.54, 1.807) is 11.3 Å². The van der Waals surface area contributed by atoms with Crippen molar-refractivity contribution in [1.82, 2.24) is 0 Å². The van der Waals surface area contributed by atoms with Crippen LogP contribution >= 0.6 is 11.3 Å². The molecule has 1 heterocycles. The van der Waals surface area contributed by atoms with E-state index in [2.05, 4.69) is 32.0 Å². The quantitative estimate of drug-likeness (QED) is 0.743. The molecule has 0 N–H and O–H groups in total. The molecule has 0 aliphatic heterocycles. The van der Waals surface area contributed by atoms with Crippen LogP contribution in [0.25, 0.3) is 10.1 Å². The molecule has 2 aromatic rings. The lowest BCUT2D eigenvalue weighted by Gasteiger charge is -2.05. The van der Waals surface area contributed by atoms with Crippen molar-refractivity contribution in [2.24, 2.45) is 5.92 Å². The maximum Gasteiger partial charge on any atom is 0.101 e. The minimum atomic E-state index is 0.632. The van der Waals surface area contributed by atoms with Gasteiger partial charge < -0.3 is 0 Å². The molecule has 2 rings (SSSR count). The van der Waals surface area contributed by atoms with Crippen molar-refractivity contribution in [1.29, 1.82) is 5.26 Å². The first-order valence-electron chi connectivity index (χ1n) is 5.11. The lowest BCUT2D eigenvalue weighted by atomic mass is 10.00. The topological polar surface area (TPSA) is 23.8 Å². The first-order chi connectivity index (χ1) is 7.20. The van der Waals surface area contributed by atoms with Crippen LogP contribution < -0.4 is 0 Å². The summed E-state index contributed by atoms with van der Waals surface area (Å²) in [5, 5.41) is 12.3. The predicted molar refractivity (Wildman–Crippen MR) is 65.1 cm³/mol. The number of fused-ring (bicyclic) bond motifs is 1. The van der Waals surface area contributed by atoms with Crippen molar-refractivity contribution in [2.45, 2.75) is 20.3 Å². The van der Waals surface area contributed by atoms with Gasteiger partial charge in [0.15, 0.2) is 0 Å². The Hall–Kier alpha value is -1.33. The van der Waals surface area contributed by atoms with Gasteiger partial charge >= 0.3 is 0 Å². The smallest absolute Gasteiger partial charge is 0.101 e. The lowest BCUT2D eigenvalue weighted by Crippen LogP contribution is -1.94. The van der Waals surface area contributed by atoms with Crippen molar-refractivity contribution in [3.05, 3.63) is 34.7 Å². The van der Waals surface area contributed by atoms with Crippen LogP contribution in [-0.4, -0.2) is 0 Å². The molecule has 0 fully saturated rings. The second-order valence-corrected chi connectivity index (χ2v) is 5.11. The van der Waals surface area contributed by atoms with Crippen molar-refractivity contribution in [2.75, 3.05) is 0 Å². The Balaban J connectivity index is 2.55. The van der Waals surface area contributed by atoms with Gasteiger partial charge in [-0.05, 0) is 40.8 Å². The average molecular weight is 215 g/mol. The van der Waals surface area contributed by atoms with E-state index in [1.165, 1.54) is 10.9 Å². The summed E-state index contributed by atoms with van der Waals surface area (Å²) in [7, 11) is 0. The molecule has 2 heteroatoms. The van der Waals surface area contributed by atoms with E-state index in [0.29, 0.717) is 5.92 Å². The second kappa shape index (κ2) is 4.04. The van der Waals surface area contributed by atoms with Gasteiger partial charge in [0.1, 0.15) is 6.07 Å². The monoisotopic (exact) mass is 215 g/mol. The number of hydrogen-bond acceptors (Lipinski definition) is 2. The zero-order valence-corrected chi connectivity index (χ0v) is 9.77. The van der Waals surface area contributed by atoms with Gasteiger partial charge in [-0.15, -0.1) is 11.3 Å². The van der Waals surface area contributed by atoms with Crippen LogP contribution in [-0.2, 0) is 6.42 Å². The van der Waals surface area contributed by atoms with E-state index in [0.717, 1.165) is 16.7 Å². The highest BCUT2D eigenvalue weighted by molar-refractivity contribution is 7.17. The molecule has 0 unspecified atom stereocenters. The Morgan fingerprint density at radius 3 is 2.87 bits per heavy atom. The largest absolute Gasteiger partial charge is 0.192 e. The third-order valence-electron chi connectivity index (χ3n) is 2.38. The predicted octanol–water partition coefficient (Wildman–Crippen LogP) is 3.97. The molecule has 0 aliphatic carbocycles. The highest BCUT2D eigenvalue weighted by Gasteiger charge is 2.06. The SMILES string of the molecule is CC(C)Cc1cc(C#N)c2sccc2c1. The minimum Gasteiger partial charge on any atom is -0.192 e. The summed E-state index contributed by atoms with van der Waals surface area (Å²) in [6, 6.07) is 8.60. The maximum atomic E-state index is 9.07. The summed E-state index contributed by atoms with van der Waals surface area (Å²) < 4.78 is 1.12. The van der Waals surface area contributed by atoms with E-state index in [-0.39, 0.29) is 0 Å². The fourth-order valence-electron chi connectivity index (χ4n) is 1.82. The molecular weight excluding hydrogens is 202 g/mol. The first-order valence-corrected chi connectivity index (χ1v) is 5.99. The summed E-state index contributed by atoms with van der Waals surface area (Å²) in [5.74, 6) is 0.632. The van der Waals surface area contributed by atoms with Crippen molar-refractivity contribution < 1.29 is 0 Å². The molecule has 1 aromatic heterocycles. The molecular formula is C13H13NS. The molecule has 0 saturated carbocycles. The maximum absolute atomic E-state index is 9.07. The first kappa shape index (κ1) is 10.2. The van der Waals surface area contributed by atoms with Gasteiger partial charge in [0, 0.05) is 0 Å². The molecule has 15 heavy (non-hydrogen) atoms. The van der Waals surface area contributed by atoms with E-state index in [9.17, 15) is 0 Å². The molecule has 0 saturated heterocycles. The lowest BCUT2D eigenvalue weighted by molar-refractivity contribution is 0.648. The molecule has 1 nitrogen and oxygen atoms in total. The van der Waals surface area contributed by atoms with E-state index in [1.807, 2.05) is 11.4 Å². The molecule has 76 valence electrons. The fraction of sp³-hybridized carbons (Fsp3) is 0.308. The summed E-state index contributed by atoms with van der Waals surface area (Å²) in [5.41, 5.74) is 2.09. The van der Waals surface area contributed by atoms with Crippen LogP contribution in [0.2, 0.25) is 0 Å². The molecule has 1 aromatic carbocycles. The summed E-state index contributed by atoms with van der Waals surface area (Å²) in [6.07, 6.45) is 1.04. The Kier molecular flexibility index (Phi) is 2.75. The zero-order valence-electron chi connectivity index (χ0n) is 8.95. The van der Waals surface area contributed by atoms with E-state index >= 15 is 0 Å². The number of nitrogens with zero attached hydrogens (tertiary/aromatic N) is 1. The van der Waals surface area contributed by atoms with Crippen LogP contribution in [0.5, 0.6) is 0 Å². The van der Waals surface area contributed by atoms with Gasteiger partial charge in [0.2, 0.25) is 0 Å². The standard InChI is InChI=1S/C13H13NS/c1-9(2)5-10-6-11-3-4-15-13(11)12(7-10)8-14/h3-4,6-7,9H,5H2,1-2H3. The molecule has 0 aliphatic rings. The van der Waals surface area contributed by atoms with Crippen LogP contribution in [0.15, 0.2) is 23.6 Å². The Bertz CT molecular complexity index is 517. The van der Waals surface area contributed by atoms with Gasteiger partial charge in [-0.25, -0.2) is 0 Å². The number of thiophene rings is 1. The fourth-order valence-corrected chi connectivity index (χ4v) is 2.66. The summed E-state index contributed by atoms with van der Waals surface area (Å²) in [6.45, 7) is 4.40. The van der Waals surface area contributed by atoms with Crippen LogP contribution in [0.3, 0.4) is 0 Å². The zero-order chi connectivity index (χ0) is 10.8. The van der Waals surface area contributed by atoms with Gasteiger partial charge in [-0.1, -0.05) is 19.9 Å². The minimum absolute atomic E-state index is 0.632. The number of nitriles is 1. The number of benzene rings is 1. The van der Waals surface area contributed by atoms with Crippen molar-refractivity contribution in [3.63, 3.8) is 0 Å². The highest BCUT2D eigenvalue weighted by atomic mass is 32.1. The third kappa shape index (κ3) is 2.03. The number of hydrogen-bond donors (Lipinski definition) is 0. The molecule has 0 atom stereocenters. The van der Waals surface area contributed by atoms with E-state index < -0.39 is 0 Å². The van der Waals surface area contributed by atoms with Gasteiger partial charge in [-0.3, -0.25) is 0 Å². The normalized spacial score (nSPS) is 10.8. The number of rotatable bonds is 2. The second-order valence-electron chi connectivity index (χ2n) is 4.19. The van der Waals surface area contributed by atoms with Crippen LogP contribution in [0.1, 0.15) is 25.0 Å². The summed E-state index contributed by atoms with van der Waals surface area (Å²) in [4.78, 5) is 0. The Labute approximate surface area is 94.0 Å². The highest BCUT2D eigenvalue weighted by Crippen LogP contribution is 2.27. The Morgan fingerprint density at radius 1 is 1.40 bits per heavy atom. The molecule has 0 bridgehead atoms.